The van der Waals surface area contributed by atoms with E-state index in [1.165, 1.54) is 18.6 Å². The van der Waals surface area contributed by atoms with Crippen molar-refractivity contribution in [1.82, 2.24) is 9.55 Å². The average Bonchev–Trinajstić information content (AvgIpc) is 3.22. The number of hydrogen-bond donors (Lipinski definition) is 2. The molecule has 3 aliphatic rings. The molecule has 1 amide bonds. The van der Waals surface area contributed by atoms with Crippen molar-refractivity contribution < 1.29 is 23.8 Å². The van der Waals surface area contributed by atoms with E-state index < -0.39 is 17.9 Å². The number of aliphatic hydroxyl groups excluding tert-OH is 1. The van der Waals surface area contributed by atoms with Crippen molar-refractivity contribution in [3.8, 4) is 11.4 Å². The number of cyclic esters (lactones) is 1. The number of nitrogens with two attached hydrogens (primary N) is 1. The Morgan fingerprint density at radius 3 is 2.61 bits per heavy atom. The maximum atomic E-state index is 14.6. The zero-order valence-corrected chi connectivity index (χ0v) is 20.5. The van der Waals surface area contributed by atoms with Gasteiger partial charge in [0.15, 0.2) is 0 Å². The number of rotatable bonds is 2. The topological polar surface area (TPSA) is 125 Å². The lowest BCUT2D eigenvalue weighted by molar-refractivity contribution is -0.148. The van der Waals surface area contributed by atoms with Crippen molar-refractivity contribution in [2.45, 2.75) is 71.6 Å². The van der Waals surface area contributed by atoms with Crippen LogP contribution in [0, 0.1) is 12.7 Å². The maximum absolute atomic E-state index is 14.6. The standard InChI is InChI=1S/C24H21FN2O3.C3H7NO2/c1-3-12-15-7-20-22-16(9-27(20)23(28)17(15)10-30-24(12)29)14-6-4-5-13-11(2)18(25)8-19(26-22)21(13)14;1-2(5)3(4)6/h7-8,12H,3-6,9-10H2,1-2H3;2,5H,1H3,(H2,4,6). The van der Waals surface area contributed by atoms with Gasteiger partial charge < -0.3 is 20.1 Å². The van der Waals surface area contributed by atoms with Crippen LogP contribution in [0.4, 0.5) is 4.39 Å². The van der Waals surface area contributed by atoms with E-state index in [9.17, 15) is 18.8 Å². The summed E-state index contributed by atoms with van der Waals surface area (Å²) in [6.45, 7) is 5.57. The van der Waals surface area contributed by atoms with Gasteiger partial charge in [-0.05, 0) is 67.9 Å². The summed E-state index contributed by atoms with van der Waals surface area (Å²) in [7, 11) is 0. The number of aliphatic hydroxyl groups is 1. The van der Waals surface area contributed by atoms with Crippen LogP contribution in [-0.2, 0) is 40.3 Å². The molecule has 9 heteroatoms. The van der Waals surface area contributed by atoms with Gasteiger partial charge in [-0.25, -0.2) is 9.37 Å². The van der Waals surface area contributed by atoms with Crippen molar-refractivity contribution in [1.29, 1.82) is 0 Å². The van der Waals surface area contributed by atoms with Crippen molar-refractivity contribution in [3.63, 3.8) is 0 Å². The lowest BCUT2D eigenvalue weighted by Crippen LogP contribution is -2.32. The molecule has 0 fully saturated rings. The van der Waals surface area contributed by atoms with E-state index >= 15 is 0 Å². The largest absolute Gasteiger partial charge is 0.460 e. The molecule has 1 aromatic carbocycles. The number of esters is 1. The number of carbonyl (C=O) groups is 2. The first kappa shape index (κ1) is 24.1. The molecular formula is C27H28FN3O5. The Morgan fingerprint density at radius 2 is 1.94 bits per heavy atom. The minimum absolute atomic E-state index is 0.0247. The Kier molecular flexibility index (Phi) is 5.90. The second kappa shape index (κ2) is 8.81. The van der Waals surface area contributed by atoms with Gasteiger partial charge in [-0.15, -0.1) is 0 Å². The summed E-state index contributed by atoms with van der Waals surface area (Å²) in [5, 5.41) is 9.22. The van der Waals surface area contributed by atoms with Crippen molar-refractivity contribution in [2.75, 3.05) is 0 Å². The molecule has 3 aromatic rings. The van der Waals surface area contributed by atoms with Gasteiger partial charge in [0.2, 0.25) is 5.91 Å². The highest BCUT2D eigenvalue weighted by molar-refractivity contribution is 5.92. The molecule has 0 radical (unpaired) electrons. The highest BCUT2D eigenvalue weighted by Crippen LogP contribution is 2.42. The van der Waals surface area contributed by atoms with E-state index in [4.69, 9.17) is 14.8 Å². The quantitative estimate of drug-likeness (QED) is 0.414. The molecule has 2 atom stereocenters. The van der Waals surface area contributed by atoms with Crippen LogP contribution in [0.5, 0.6) is 0 Å². The van der Waals surface area contributed by atoms with Crippen LogP contribution in [-0.4, -0.2) is 32.6 Å². The van der Waals surface area contributed by atoms with E-state index in [1.807, 2.05) is 19.9 Å². The number of ether oxygens (including phenoxy) is 1. The Morgan fingerprint density at radius 1 is 1.25 bits per heavy atom. The third-order valence-corrected chi connectivity index (χ3v) is 7.50. The predicted molar refractivity (Wildman–Crippen MR) is 131 cm³/mol. The summed E-state index contributed by atoms with van der Waals surface area (Å²) in [5.74, 6) is -1.62. The van der Waals surface area contributed by atoms with Crippen LogP contribution in [0.2, 0.25) is 0 Å². The van der Waals surface area contributed by atoms with Crippen molar-refractivity contribution in [2.24, 2.45) is 5.73 Å². The van der Waals surface area contributed by atoms with E-state index in [-0.39, 0.29) is 24.0 Å². The van der Waals surface area contributed by atoms with Crippen LogP contribution >= 0.6 is 0 Å². The number of carbonyl (C=O) groups excluding carboxylic acids is 2. The molecule has 1 aliphatic carbocycles. The van der Waals surface area contributed by atoms with Gasteiger partial charge in [0, 0.05) is 17.0 Å². The van der Waals surface area contributed by atoms with Gasteiger partial charge >= 0.3 is 5.97 Å². The third-order valence-electron chi connectivity index (χ3n) is 7.50. The monoisotopic (exact) mass is 493 g/mol. The molecule has 2 aliphatic heterocycles. The summed E-state index contributed by atoms with van der Waals surface area (Å²) < 4.78 is 21.6. The molecule has 2 unspecified atom stereocenters. The number of halogens is 1. The van der Waals surface area contributed by atoms with Gasteiger partial charge in [0.1, 0.15) is 18.5 Å². The van der Waals surface area contributed by atoms with E-state index in [2.05, 4.69) is 5.73 Å². The summed E-state index contributed by atoms with van der Waals surface area (Å²) in [4.78, 5) is 40.1. The van der Waals surface area contributed by atoms with Crippen LogP contribution in [0.1, 0.15) is 66.0 Å². The molecule has 6 rings (SSSR count). The zero-order chi connectivity index (χ0) is 25.9. The molecule has 0 spiro atoms. The molecular weight excluding hydrogens is 465 g/mol. The number of hydrogen-bond acceptors (Lipinski definition) is 6. The van der Waals surface area contributed by atoms with E-state index in [0.717, 1.165) is 52.7 Å². The number of fused-ring (bicyclic) bond motifs is 5. The van der Waals surface area contributed by atoms with E-state index in [1.54, 1.807) is 4.57 Å². The molecule has 0 saturated heterocycles. The first-order valence-electron chi connectivity index (χ1n) is 12.2. The number of nitrogens with zero attached hydrogens (tertiary/aromatic N) is 2. The van der Waals surface area contributed by atoms with Gasteiger partial charge in [-0.3, -0.25) is 14.4 Å². The number of benzene rings is 1. The lowest BCUT2D eigenvalue weighted by Gasteiger charge is -2.24. The van der Waals surface area contributed by atoms with Crippen LogP contribution in [0.3, 0.4) is 0 Å². The molecule has 0 bridgehead atoms. The SMILES string of the molecule is CC(O)C(N)=O.CCC1C(=O)OCc2c1cc1n(c2=O)Cc2c-1nc1cc(F)c(C)c3c1c2CCC3. The van der Waals surface area contributed by atoms with Crippen LogP contribution in [0.15, 0.2) is 16.9 Å². The summed E-state index contributed by atoms with van der Waals surface area (Å²) >= 11 is 0. The molecule has 188 valence electrons. The fourth-order valence-electron chi connectivity index (χ4n) is 5.54. The third kappa shape index (κ3) is 3.61. The second-order valence-corrected chi connectivity index (χ2v) is 9.63. The molecule has 3 N–H and O–H groups in total. The Balaban J connectivity index is 0.000000400. The maximum Gasteiger partial charge on any atom is 0.313 e. The van der Waals surface area contributed by atoms with Gasteiger partial charge in [-0.1, -0.05) is 6.92 Å². The summed E-state index contributed by atoms with van der Waals surface area (Å²) in [6, 6.07) is 3.46. The normalized spacial score (nSPS) is 17.9. The fraction of sp³-hybridized carbons (Fsp3) is 0.407. The Hall–Kier alpha value is -3.59. The van der Waals surface area contributed by atoms with Crippen molar-refractivity contribution in [3.05, 3.63) is 61.7 Å². The number of primary amides is 1. The highest BCUT2D eigenvalue weighted by atomic mass is 19.1. The smallest absolute Gasteiger partial charge is 0.313 e. The Bertz CT molecular complexity index is 1510. The number of aromatic nitrogens is 2. The minimum atomic E-state index is -1.01. The van der Waals surface area contributed by atoms with Gasteiger partial charge in [0.05, 0.1) is 34.9 Å². The first-order chi connectivity index (χ1) is 17.1. The summed E-state index contributed by atoms with van der Waals surface area (Å²) in [6.07, 6.45) is 2.29. The molecule has 8 nitrogen and oxygen atoms in total. The molecule has 0 saturated carbocycles. The highest BCUT2D eigenvalue weighted by Gasteiger charge is 2.35. The first-order valence-corrected chi connectivity index (χ1v) is 12.2. The molecule has 2 aromatic heterocycles. The van der Waals surface area contributed by atoms with Crippen LogP contribution in [0.25, 0.3) is 22.3 Å². The number of pyridine rings is 2. The average molecular weight is 494 g/mol. The zero-order valence-electron chi connectivity index (χ0n) is 20.5. The molecule has 36 heavy (non-hydrogen) atoms. The lowest BCUT2D eigenvalue weighted by atomic mass is 9.84. The minimum Gasteiger partial charge on any atom is -0.460 e. The van der Waals surface area contributed by atoms with E-state index in [0.29, 0.717) is 29.6 Å². The van der Waals surface area contributed by atoms with Gasteiger partial charge in [-0.2, -0.15) is 0 Å². The molecule has 4 heterocycles. The summed E-state index contributed by atoms with van der Waals surface area (Å²) in [5.41, 5.74) is 11.9. The van der Waals surface area contributed by atoms with Crippen molar-refractivity contribution >= 4 is 22.8 Å². The fourth-order valence-corrected chi connectivity index (χ4v) is 5.54. The number of aryl methyl sites for hydroxylation is 2. The van der Waals surface area contributed by atoms with Crippen LogP contribution < -0.4 is 11.3 Å². The predicted octanol–water partition coefficient (Wildman–Crippen LogP) is 2.76. The number of amides is 1. The van der Waals surface area contributed by atoms with Gasteiger partial charge in [0.25, 0.3) is 5.56 Å². The second-order valence-electron chi connectivity index (χ2n) is 9.63. The Labute approximate surface area is 206 Å².